The van der Waals surface area contributed by atoms with Gasteiger partial charge in [0.2, 0.25) is 5.88 Å². The Labute approximate surface area is 95.8 Å². The summed E-state index contributed by atoms with van der Waals surface area (Å²) in [5, 5.41) is 0. The van der Waals surface area contributed by atoms with Gasteiger partial charge in [-0.1, -0.05) is 0 Å². The standard InChI is InChI=1S/C12H18N2O2/c1-8(2)15-12-9(6-13)5-11(7-14-12)16-10-3-4-10/h5,7-8,10H,3-4,6,13H2,1-2H3. The highest BCUT2D eigenvalue weighted by molar-refractivity contribution is 5.33. The first-order valence-corrected chi connectivity index (χ1v) is 5.71. The van der Waals surface area contributed by atoms with Gasteiger partial charge in [-0.15, -0.1) is 0 Å². The van der Waals surface area contributed by atoms with Crippen molar-refractivity contribution in [1.29, 1.82) is 0 Å². The topological polar surface area (TPSA) is 57.4 Å². The maximum Gasteiger partial charge on any atom is 0.218 e. The van der Waals surface area contributed by atoms with E-state index in [1.165, 1.54) is 0 Å². The van der Waals surface area contributed by atoms with Crippen molar-refractivity contribution in [3.8, 4) is 11.6 Å². The molecule has 1 aliphatic carbocycles. The number of aromatic nitrogens is 1. The third kappa shape index (κ3) is 2.85. The number of hydrogen-bond donors (Lipinski definition) is 1. The lowest BCUT2D eigenvalue weighted by molar-refractivity contribution is 0.228. The molecular formula is C12H18N2O2. The van der Waals surface area contributed by atoms with E-state index in [0.29, 0.717) is 18.5 Å². The van der Waals surface area contributed by atoms with Gasteiger partial charge in [0.05, 0.1) is 18.4 Å². The lowest BCUT2D eigenvalue weighted by Crippen LogP contribution is -2.11. The summed E-state index contributed by atoms with van der Waals surface area (Å²) in [5.41, 5.74) is 6.56. The predicted molar refractivity (Wildman–Crippen MR) is 61.5 cm³/mol. The van der Waals surface area contributed by atoms with Crippen molar-refractivity contribution in [2.45, 2.75) is 45.4 Å². The quantitative estimate of drug-likeness (QED) is 0.826. The predicted octanol–water partition coefficient (Wildman–Crippen LogP) is 1.87. The summed E-state index contributed by atoms with van der Waals surface area (Å²) in [6.45, 7) is 4.35. The van der Waals surface area contributed by atoms with Gasteiger partial charge in [0.25, 0.3) is 0 Å². The normalized spacial score (nSPS) is 15.2. The molecule has 0 bridgehead atoms. The van der Waals surface area contributed by atoms with Gasteiger partial charge in [0, 0.05) is 12.1 Å². The van der Waals surface area contributed by atoms with Gasteiger partial charge in [0.1, 0.15) is 5.75 Å². The summed E-state index contributed by atoms with van der Waals surface area (Å²) in [5.74, 6) is 1.40. The monoisotopic (exact) mass is 222 g/mol. The molecule has 0 saturated heterocycles. The van der Waals surface area contributed by atoms with Crippen molar-refractivity contribution < 1.29 is 9.47 Å². The third-order valence-corrected chi connectivity index (χ3v) is 2.29. The number of hydrogen-bond acceptors (Lipinski definition) is 4. The minimum atomic E-state index is 0.105. The number of pyridine rings is 1. The SMILES string of the molecule is CC(C)Oc1ncc(OC2CC2)cc1CN. The van der Waals surface area contributed by atoms with Gasteiger partial charge >= 0.3 is 0 Å². The Morgan fingerprint density at radius 1 is 1.50 bits per heavy atom. The van der Waals surface area contributed by atoms with E-state index in [0.717, 1.165) is 24.2 Å². The van der Waals surface area contributed by atoms with Crippen LogP contribution in [0.1, 0.15) is 32.3 Å². The average molecular weight is 222 g/mol. The molecule has 0 amide bonds. The van der Waals surface area contributed by atoms with Crippen LogP contribution in [0.15, 0.2) is 12.3 Å². The molecule has 0 aromatic carbocycles. The molecule has 16 heavy (non-hydrogen) atoms. The van der Waals surface area contributed by atoms with Crippen molar-refractivity contribution >= 4 is 0 Å². The fourth-order valence-corrected chi connectivity index (χ4v) is 1.39. The molecule has 88 valence electrons. The zero-order chi connectivity index (χ0) is 11.5. The molecule has 1 heterocycles. The van der Waals surface area contributed by atoms with Crippen LogP contribution in [0, 0.1) is 0 Å². The average Bonchev–Trinajstić information content (AvgIpc) is 3.03. The zero-order valence-corrected chi connectivity index (χ0v) is 9.77. The second-order valence-corrected chi connectivity index (χ2v) is 4.32. The minimum absolute atomic E-state index is 0.105. The molecule has 0 spiro atoms. The van der Waals surface area contributed by atoms with Crippen molar-refractivity contribution in [3.05, 3.63) is 17.8 Å². The van der Waals surface area contributed by atoms with E-state index in [1.807, 2.05) is 19.9 Å². The van der Waals surface area contributed by atoms with Gasteiger partial charge in [-0.2, -0.15) is 0 Å². The number of nitrogens with zero attached hydrogens (tertiary/aromatic N) is 1. The van der Waals surface area contributed by atoms with Crippen molar-refractivity contribution in [2.24, 2.45) is 5.73 Å². The van der Waals surface area contributed by atoms with Crippen LogP contribution in [-0.2, 0) is 6.54 Å². The molecular weight excluding hydrogens is 204 g/mol. The smallest absolute Gasteiger partial charge is 0.218 e. The van der Waals surface area contributed by atoms with E-state index in [2.05, 4.69) is 4.98 Å². The molecule has 1 aliphatic rings. The van der Waals surface area contributed by atoms with Crippen molar-refractivity contribution in [1.82, 2.24) is 4.98 Å². The molecule has 2 rings (SSSR count). The second-order valence-electron chi connectivity index (χ2n) is 4.32. The fraction of sp³-hybridized carbons (Fsp3) is 0.583. The number of nitrogens with two attached hydrogens (primary N) is 1. The molecule has 1 aromatic heterocycles. The summed E-state index contributed by atoms with van der Waals surface area (Å²) < 4.78 is 11.2. The highest BCUT2D eigenvalue weighted by Gasteiger charge is 2.24. The molecule has 0 unspecified atom stereocenters. The molecule has 4 nitrogen and oxygen atoms in total. The lowest BCUT2D eigenvalue weighted by Gasteiger charge is -2.13. The van der Waals surface area contributed by atoms with Gasteiger partial charge < -0.3 is 15.2 Å². The van der Waals surface area contributed by atoms with E-state index >= 15 is 0 Å². The molecule has 1 aromatic rings. The van der Waals surface area contributed by atoms with E-state index in [9.17, 15) is 0 Å². The van der Waals surface area contributed by atoms with Crippen molar-refractivity contribution in [2.75, 3.05) is 0 Å². The van der Waals surface area contributed by atoms with Crippen LogP contribution in [0.5, 0.6) is 11.6 Å². The Bertz CT molecular complexity index is 362. The first kappa shape index (κ1) is 11.2. The van der Waals surface area contributed by atoms with Gasteiger partial charge in [0.15, 0.2) is 0 Å². The highest BCUT2D eigenvalue weighted by Crippen LogP contribution is 2.28. The van der Waals surface area contributed by atoms with E-state index in [1.54, 1.807) is 6.20 Å². The molecule has 1 fully saturated rings. The number of ether oxygens (including phenoxy) is 2. The lowest BCUT2D eigenvalue weighted by atomic mass is 10.2. The highest BCUT2D eigenvalue weighted by atomic mass is 16.5. The van der Waals surface area contributed by atoms with Crippen LogP contribution in [0.4, 0.5) is 0 Å². The summed E-state index contributed by atoms with van der Waals surface area (Å²) in [6, 6.07) is 1.92. The van der Waals surface area contributed by atoms with Gasteiger partial charge in [-0.25, -0.2) is 4.98 Å². The largest absolute Gasteiger partial charge is 0.489 e. The third-order valence-electron chi connectivity index (χ3n) is 2.29. The van der Waals surface area contributed by atoms with E-state index in [4.69, 9.17) is 15.2 Å². The Morgan fingerprint density at radius 3 is 2.81 bits per heavy atom. The van der Waals surface area contributed by atoms with Crippen LogP contribution in [0.2, 0.25) is 0 Å². The maximum absolute atomic E-state index is 5.67. The maximum atomic E-state index is 5.67. The van der Waals surface area contributed by atoms with Crippen LogP contribution in [0.25, 0.3) is 0 Å². The zero-order valence-electron chi connectivity index (χ0n) is 9.77. The fourth-order valence-electron chi connectivity index (χ4n) is 1.39. The Kier molecular flexibility index (Phi) is 3.29. The van der Waals surface area contributed by atoms with Crippen LogP contribution in [-0.4, -0.2) is 17.2 Å². The number of rotatable bonds is 5. The molecule has 2 N–H and O–H groups in total. The first-order valence-electron chi connectivity index (χ1n) is 5.71. The Hall–Kier alpha value is -1.29. The van der Waals surface area contributed by atoms with Gasteiger partial charge in [-0.3, -0.25) is 0 Å². The molecule has 1 saturated carbocycles. The van der Waals surface area contributed by atoms with Gasteiger partial charge in [-0.05, 0) is 32.8 Å². The Morgan fingerprint density at radius 2 is 2.25 bits per heavy atom. The molecule has 4 heteroatoms. The first-order chi connectivity index (χ1) is 7.69. The summed E-state index contributed by atoms with van der Waals surface area (Å²) in [7, 11) is 0. The second kappa shape index (κ2) is 4.70. The van der Waals surface area contributed by atoms with Crippen LogP contribution >= 0.6 is 0 Å². The summed E-state index contributed by atoms with van der Waals surface area (Å²) in [6.07, 6.45) is 4.47. The molecule has 0 aliphatic heterocycles. The van der Waals surface area contributed by atoms with Crippen LogP contribution in [0.3, 0.4) is 0 Å². The molecule has 0 radical (unpaired) electrons. The van der Waals surface area contributed by atoms with Crippen molar-refractivity contribution in [3.63, 3.8) is 0 Å². The molecule has 0 atom stereocenters. The van der Waals surface area contributed by atoms with E-state index in [-0.39, 0.29) is 6.10 Å². The minimum Gasteiger partial charge on any atom is -0.489 e. The Balaban J connectivity index is 2.12. The summed E-state index contributed by atoms with van der Waals surface area (Å²) in [4.78, 5) is 4.24. The van der Waals surface area contributed by atoms with E-state index < -0.39 is 0 Å². The summed E-state index contributed by atoms with van der Waals surface area (Å²) >= 11 is 0. The van der Waals surface area contributed by atoms with Crippen LogP contribution < -0.4 is 15.2 Å².